The number of halogens is 1. The number of nitrogens with one attached hydrogen (secondary N) is 1. The fourth-order valence-electron chi connectivity index (χ4n) is 3.66. The zero-order valence-corrected chi connectivity index (χ0v) is 16.0. The second-order valence-electron chi connectivity index (χ2n) is 6.84. The second kappa shape index (κ2) is 7.56. The molecule has 0 saturated carbocycles. The summed E-state index contributed by atoms with van der Waals surface area (Å²) in [6.07, 6.45) is 3.72. The number of likely N-dealkylation sites (tertiary alicyclic amines) is 1. The molecule has 1 saturated heterocycles. The van der Waals surface area contributed by atoms with Crippen LogP contribution in [0.5, 0.6) is 0 Å². The van der Waals surface area contributed by atoms with Crippen molar-refractivity contribution in [3.63, 3.8) is 0 Å². The first-order chi connectivity index (χ1) is 13.2. The molecule has 1 N–H and O–H groups in total. The zero-order chi connectivity index (χ0) is 18.8. The van der Waals surface area contributed by atoms with E-state index in [1.807, 2.05) is 29.2 Å². The molecule has 2 amide bonds. The molecular formula is C20H22ClN5O. The van der Waals surface area contributed by atoms with Crippen LogP contribution < -0.4 is 5.32 Å². The standard InChI is InChI=1S/C20H22ClN5O/c1-2-10-26-18(24-17-7-4-9-22-19(17)26)14-8-11-25(13-14)20(27)23-16-6-3-5-15(21)12-16/h3-7,9,12,14H,2,8,10-11,13H2,1H3,(H,23,27). The summed E-state index contributed by atoms with van der Waals surface area (Å²) in [6, 6.07) is 11.0. The number of pyridine rings is 1. The van der Waals surface area contributed by atoms with Crippen molar-refractivity contribution in [1.82, 2.24) is 19.4 Å². The van der Waals surface area contributed by atoms with E-state index in [0.29, 0.717) is 23.8 Å². The second-order valence-corrected chi connectivity index (χ2v) is 7.28. The lowest BCUT2D eigenvalue weighted by atomic mass is 10.1. The predicted octanol–water partition coefficient (Wildman–Crippen LogP) is 4.52. The van der Waals surface area contributed by atoms with E-state index in [-0.39, 0.29) is 11.9 Å². The van der Waals surface area contributed by atoms with E-state index in [9.17, 15) is 4.79 Å². The van der Waals surface area contributed by atoms with Gasteiger partial charge in [0.1, 0.15) is 11.3 Å². The van der Waals surface area contributed by atoms with Gasteiger partial charge in [0.2, 0.25) is 0 Å². The molecule has 1 unspecified atom stereocenters. The van der Waals surface area contributed by atoms with Crippen molar-refractivity contribution in [3.05, 3.63) is 53.4 Å². The van der Waals surface area contributed by atoms with Gasteiger partial charge in [0, 0.05) is 42.5 Å². The number of fused-ring (bicyclic) bond motifs is 1. The number of hydrogen-bond acceptors (Lipinski definition) is 3. The third-order valence-electron chi connectivity index (χ3n) is 4.90. The molecule has 1 fully saturated rings. The van der Waals surface area contributed by atoms with Gasteiger partial charge >= 0.3 is 6.03 Å². The monoisotopic (exact) mass is 383 g/mol. The highest BCUT2D eigenvalue weighted by atomic mass is 35.5. The lowest BCUT2D eigenvalue weighted by molar-refractivity contribution is 0.222. The summed E-state index contributed by atoms with van der Waals surface area (Å²) < 4.78 is 2.21. The molecule has 1 aromatic carbocycles. The molecule has 1 aliphatic rings. The summed E-state index contributed by atoms with van der Waals surface area (Å²) in [5.74, 6) is 1.25. The highest BCUT2D eigenvalue weighted by molar-refractivity contribution is 6.30. The number of amides is 2. The summed E-state index contributed by atoms with van der Waals surface area (Å²) in [5, 5.41) is 3.53. The molecule has 4 rings (SSSR count). The van der Waals surface area contributed by atoms with Gasteiger partial charge in [0.15, 0.2) is 5.65 Å². The van der Waals surface area contributed by atoms with Crippen molar-refractivity contribution in [2.75, 3.05) is 18.4 Å². The molecule has 6 nitrogen and oxygen atoms in total. The molecular weight excluding hydrogens is 362 g/mol. The minimum absolute atomic E-state index is 0.101. The molecule has 140 valence electrons. The molecule has 27 heavy (non-hydrogen) atoms. The molecule has 3 aromatic rings. The normalized spacial score (nSPS) is 16.8. The van der Waals surface area contributed by atoms with Crippen molar-refractivity contribution in [3.8, 4) is 0 Å². The molecule has 1 atom stereocenters. The largest absolute Gasteiger partial charge is 0.324 e. The number of nitrogens with zero attached hydrogens (tertiary/aromatic N) is 4. The Labute approximate surface area is 163 Å². The third-order valence-corrected chi connectivity index (χ3v) is 5.13. The lowest BCUT2D eigenvalue weighted by Crippen LogP contribution is -2.33. The fraction of sp³-hybridized carbons (Fsp3) is 0.350. The zero-order valence-electron chi connectivity index (χ0n) is 15.2. The first-order valence-electron chi connectivity index (χ1n) is 9.28. The first kappa shape index (κ1) is 17.8. The Morgan fingerprint density at radius 2 is 2.22 bits per heavy atom. The smallest absolute Gasteiger partial charge is 0.321 e. The number of aryl methyl sites for hydroxylation is 1. The maximum atomic E-state index is 12.6. The fourth-order valence-corrected chi connectivity index (χ4v) is 3.85. The van der Waals surface area contributed by atoms with Crippen LogP contribution >= 0.6 is 11.6 Å². The summed E-state index contributed by atoms with van der Waals surface area (Å²) in [6.45, 7) is 4.39. The molecule has 0 aliphatic carbocycles. The third kappa shape index (κ3) is 3.62. The van der Waals surface area contributed by atoms with Gasteiger partial charge in [0.05, 0.1) is 0 Å². The average molecular weight is 384 g/mol. The van der Waals surface area contributed by atoms with Crippen LogP contribution in [0.4, 0.5) is 10.5 Å². The summed E-state index contributed by atoms with van der Waals surface area (Å²) >= 11 is 6.00. The van der Waals surface area contributed by atoms with Crippen LogP contribution in [0.3, 0.4) is 0 Å². The van der Waals surface area contributed by atoms with Crippen LogP contribution in [0.1, 0.15) is 31.5 Å². The topological polar surface area (TPSA) is 63.1 Å². The molecule has 0 spiro atoms. The number of urea groups is 1. The number of carbonyl (C=O) groups excluding carboxylic acids is 1. The van der Waals surface area contributed by atoms with Gasteiger partial charge in [-0.15, -0.1) is 0 Å². The Morgan fingerprint density at radius 3 is 3.04 bits per heavy atom. The van der Waals surface area contributed by atoms with Crippen LogP contribution in [0, 0.1) is 0 Å². The quantitative estimate of drug-likeness (QED) is 0.720. The highest BCUT2D eigenvalue weighted by Crippen LogP contribution is 2.29. The Bertz CT molecular complexity index is 970. The number of hydrogen-bond donors (Lipinski definition) is 1. The van der Waals surface area contributed by atoms with Gasteiger partial charge in [-0.1, -0.05) is 24.6 Å². The highest BCUT2D eigenvalue weighted by Gasteiger charge is 2.31. The predicted molar refractivity (Wildman–Crippen MR) is 107 cm³/mol. The number of imidazole rings is 1. The minimum atomic E-state index is -0.101. The molecule has 0 bridgehead atoms. The van der Waals surface area contributed by atoms with Crippen molar-refractivity contribution >= 4 is 34.5 Å². The van der Waals surface area contributed by atoms with Crippen LogP contribution in [-0.2, 0) is 6.54 Å². The number of aromatic nitrogens is 3. The van der Waals surface area contributed by atoms with Gasteiger partial charge in [-0.25, -0.2) is 14.8 Å². The van der Waals surface area contributed by atoms with Gasteiger partial charge < -0.3 is 14.8 Å². The van der Waals surface area contributed by atoms with Crippen molar-refractivity contribution in [1.29, 1.82) is 0 Å². The number of rotatable bonds is 4. The Balaban J connectivity index is 1.52. The first-order valence-corrected chi connectivity index (χ1v) is 9.66. The van der Waals surface area contributed by atoms with Gasteiger partial charge in [0.25, 0.3) is 0 Å². The molecule has 7 heteroatoms. The van der Waals surface area contributed by atoms with Crippen LogP contribution in [-0.4, -0.2) is 38.6 Å². The van der Waals surface area contributed by atoms with Crippen molar-refractivity contribution in [2.45, 2.75) is 32.2 Å². The van der Waals surface area contributed by atoms with E-state index < -0.39 is 0 Å². The summed E-state index contributed by atoms with van der Waals surface area (Å²) in [7, 11) is 0. The average Bonchev–Trinajstić information content (AvgIpc) is 3.27. The van der Waals surface area contributed by atoms with E-state index in [1.165, 1.54) is 0 Å². The maximum absolute atomic E-state index is 12.6. The maximum Gasteiger partial charge on any atom is 0.321 e. The van der Waals surface area contributed by atoms with E-state index in [1.54, 1.807) is 18.3 Å². The molecule has 0 radical (unpaired) electrons. The van der Waals surface area contributed by atoms with Gasteiger partial charge in [-0.3, -0.25) is 0 Å². The number of anilines is 1. The van der Waals surface area contributed by atoms with Crippen molar-refractivity contribution in [2.24, 2.45) is 0 Å². The van der Waals surface area contributed by atoms with Crippen LogP contribution in [0.15, 0.2) is 42.6 Å². The van der Waals surface area contributed by atoms with Crippen LogP contribution in [0.2, 0.25) is 5.02 Å². The van der Waals surface area contributed by atoms with Crippen LogP contribution in [0.25, 0.3) is 11.2 Å². The van der Waals surface area contributed by atoms with Gasteiger partial charge in [-0.05, 0) is 43.2 Å². The number of benzene rings is 1. The van der Waals surface area contributed by atoms with E-state index in [4.69, 9.17) is 16.6 Å². The molecule has 2 aromatic heterocycles. The van der Waals surface area contributed by atoms with E-state index in [2.05, 4.69) is 21.8 Å². The number of carbonyl (C=O) groups is 1. The SMILES string of the molecule is CCCn1c(C2CCN(C(=O)Nc3cccc(Cl)c3)C2)nc2cccnc21. The Hall–Kier alpha value is -2.60. The molecule has 1 aliphatic heterocycles. The Kier molecular flexibility index (Phi) is 4.99. The molecule has 3 heterocycles. The van der Waals surface area contributed by atoms with E-state index >= 15 is 0 Å². The Morgan fingerprint density at radius 1 is 1.33 bits per heavy atom. The minimum Gasteiger partial charge on any atom is -0.324 e. The summed E-state index contributed by atoms with van der Waals surface area (Å²) in [5.41, 5.74) is 2.55. The lowest BCUT2D eigenvalue weighted by Gasteiger charge is -2.18. The van der Waals surface area contributed by atoms with E-state index in [0.717, 1.165) is 36.4 Å². The summed E-state index contributed by atoms with van der Waals surface area (Å²) in [4.78, 5) is 23.8. The van der Waals surface area contributed by atoms with Gasteiger partial charge in [-0.2, -0.15) is 0 Å². The van der Waals surface area contributed by atoms with Crippen molar-refractivity contribution < 1.29 is 4.79 Å².